The van der Waals surface area contributed by atoms with Gasteiger partial charge in [-0.25, -0.2) is 9.79 Å². The molecular formula is C29H30N4O4. The summed E-state index contributed by atoms with van der Waals surface area (Å²) < 4.78 is 5.10. The number of amides is 1. The van der Waals surface area contributed by atoms with Gasteiger partial charge in [-0.1, -0.05) is 36.4 Å². The molecule has 0 unspecified atom stereocenters. The average molecular weight is 499 g/mol. The van der Waals surface area contributed by atoms with Crippen molar-refractivity contribution in [2.75, 3.05) is 32.1 Å². The number of nitrogens with one attached hydrogen (secondary N) is 2. The number of rotatable bonds is 9. The Hall–Kier alpha value is -4.43. The van der Waals surface area contributed by atoms with E-state index in [1.54, 1.807) is 37.1 Å². The molecule has 1 amide bonds. The third-order valence-corrected chi connectivity index (χ3v) is 6.01. The van der Waals surface area contributed by atoms with Gasteiger partial charge in [0.25, 0.3) is 0 Å². The maximum atomic E-state index is 12.4. The maximum absolute atomic E-state index is 12.4. The van der Waals surface area contributed by atoms with E-state index in [0.29, 0.717) is 41.0 Å². The lowest BCUT2D eigenvalue weighted by atomic mass is 10.00. The van der Waals surface area contributed by atoms with Gasteiger partial charge in [0.05, 0.1) is 29.1 Å². The maximum Gasteiger partial charge on any atom is 0.338 e. The molecule has 4 aromatic rings. The lowest BCUT2D eigenvalue weighted by molar-refractivity contribution is -0.118. The highest BCUT2D eigenvalue weighted by molar-refractivity contribution is 6.22. The number of carbonyl (C=O) groups excluding carboxylic acids is 2. The second-order valence-corrected chi connectivity index (χ2v) is 8.48. The van der Waals surface area contributed by atoms with Crippen molar-refractivity contribution in [1.29, 1.82) is 0 Å². The molecule has 8 nitrogen and oxygen atoms in total. The van der Waals surface area contributed by atoms with E-state index in [1.165, 1.54) is 0 Å². The van der Waals surface area contributed by atoms with Crippen molar-refractivity contribution in [2.45, 2.75) is 13.3 Å². The van der Waals surface area contributed by atoms with E-state index in [0.717, 1.165) is 16.6 Å². The molecule has 0 aliphatic rings. The van der Waals surface area contributed by atoms with Gasteiger partial charge in [-0.15, -0.1) is 0 Å². The molecule has 0 saturated heterocycles. The zero-order valence-corrected chi connectivity index (χ0v) is 21.1. The molecule has 3 N–H and O–H groups in total. The van der Waals surface area contributed by atoms with E-state index in [4.69, 9.17) is 9.73 Å². The van der Waals surface area contributed by atoms with Crippen LogP contribution in [-0.4, -0.2) is 54.9 Å². The van der Waals surface area contributed by atoms with E-state index in [9.17, 15) is 14.7 Å². The van der Waals surface area contributed by atoms with Crippen LogP contribution < -0.4 is 10.2 Å². The van der Waals surface area contributed by atoms with Crippen molar-refractivity contribution in [1.82, 2.24) is 10.3 Å². The van der Waals surface area contributed by atoms with E-state index >= 15 is 0 Å². The Bertz CT molecular complexity index is 1430. The van der Waals surface area contributed by atoms with Crippen LogP contribution in [0.1, 0.15) is 34.8 Å². The quantitative estimate of drug-likeness (QED) is 0.227. The average Bonchev–Trinajstić information content (AvgIpc) is 3.25. The fourth-order valence-corrected chi connectivity index (χ4v) is 4.05. The van der Waals surface area contributed by atoms with Gasteiger partial charge < -0.3 is 25.0 Å². The Morgan fingerprint density at radius 2 is 1.76 bits per heavy atom. The summed E-state index contributed by atoms with van der Waals surface area (Å²) in [5.74, 6) is -0.460. The molecule has 37 heavy (non-hydrogen) atoms. The zero-order chi connectivity index (χ0) is 26.4. The smallest absolute Gasteiger partial charge is 0.338 e. The second kappa shape index (κ2) is 11.5. The summed E-state index contributed by atoms with van der Waals surface area (Å²) in [6, 6.07) is 22.1. The molecule has 0 fully saturated rings. The minimum Gasteiger partial charge on any atom is -0.494 e. The molecule has 1 heterocycles. The van der Waals surface area contributed by atoms with Crippen molar-refractivity contribution in [3.05, 3.63) is 89.5 Å². The number of ether oxygens (including phenoxy) is 1. The molecule has 0 atom stereocenters. The van der Waals surface area contributed by atoms with Crippen LogP contribution in [0.5, 0.6) is 5.88 Å². The van der Waals surface area contributed by atoms with Crippen molar-refractivity contribution in [2.24, 2.45) is 4.99 Å². The van der Waals surface area contributed by atoms with E-state index in [-0.39, 0.29) is 18.4 Å². The first-order valence-corrected chi connectivity index (χ1v) is 12.1. The number of esters is 1. The number of aromatic hydroxyl groups is 1. The second-order valence-electron chi connectivity index (χ2n) is 8.48. The van der Waals surface area contributed by atoms with Crippen LogP contribution in [0, 0.1) is 0 Å². The third-order valence-electron chi connectivity index (χ3n) is 6.01. The highest BCUT2D eigenvalue weighted by atomic mass is 16.5. The molecule has 1 aromatic heterocycles. The van der Waals surface area contributed by atoms with Crippen molar-refractivity contribution in [3.63, 3.8) is 0 Å². The molecule has 0 saturated carbocycles. The van der Waals surface area contributed by atoms with Crippen LogP contribution in [0.15, 0.2) is 77.8 Å². The van der Waals surface area contributed by atoms with Gasteiger partial charge in [-0.05, 0) is 50.4 Å². The van der Waals surface area contributed by atoms with Crippen LogP contribution in [0.3, 0.4) is 0 Å². The summed E-state index contributed by atoms with van der Waals surface area (Å²) in [4.78, 5) is 34.1. The third kappa shape index (κ3) is 5.70. The van der Waals surface area contributed by atoms with Crippen LogP contribution in [-0.2, 0) is 9.53 Å². The minimum absolute atomic E-state index is 0.0153. The molecule has 8 heteroatoms. The van der Waals surface area contributed by atoms with Crippen LogP contribution in [0.25, 0.3) is 10.9 Å². The van der Waals surface area contributed by atoms with Crippen LogP contribution in [0.2, 0.25) is 0 Å². The fraction of sp³-hybridized carbons (Fsp3) is 0.207. The van der Waals surface area contributed by atoms with Crippen molar-refractivity contribution < 1.29 is 19.4 Å². The minimum atomic E-state index is -0.425. The number of hydrogen-bond acceptors (Lipinski definition) is 6. The molecule has 190 valence electrons. The largest absolute Gasteiger partial charge is 0.494 e. The lowest BCUT2D eigenvalue weighted by Gasteiger charge is -2.17. The SMILES string of the molecule is CCOC(=O)c1ccc2c(C(=Nc3ccc(N(C)C(=O)CCNC)cc3)c3ccccc3)c(O)[nH]c2c1. The van der Waals surface area contributed by atoms with E-state index in [1.807, 2.05) is 61.6 Å². The van der Waals surface area contributed by atoms with E-state index < -0.39 is 5.97 Å². The first-order valence-electron chi connectivity index (χ1n) is 12.1. The van der Waals surface area contributed by atoms with Gasteiger partial charge in [-0.3, -0.25) is 4.79 Å². The van der Waals surface area contributed by atoms with Gasteiger partial charge >= 0.3 is 5.97 Å². The Balaban J connectivity index is 1.75. The molecule has 3 aromatic carbocycles. The number of fused-ring (bicyclic) bond motifs is 1. The van der Waals surface area contributed by atoms with Crippen molar-refractivity contribution in [3.8, 4) is 5.88 Å². The molecule has 0 aliphatic heterocycles. The fourth-order valence-electron chi connectivity index (χ4n) is 4.05. The summed E-state index contributed by atoms with van der Waals surface area (Å²) in [5.41, 5.74) is 4.33. The predicted octanol–water partition coefficient (Wildman–Crippen LogP) is 4.79. The Labute approximate surface area is 215 Å². The number of anilines is 1. The number of aromatic nitrogens is 1. The van der Waals surface area contributed by atoms with Crippen LogP contribution in [0.4, 0.5) is 11.4 Å². The summed E-state index contributed by atoms with van der Waals surface area (Å²) >= 11 is 0. The number of benzene rings is 3. The number of carbonyl (C=O) groups is 2. The molecule has 4 rings (SSSR count). The molecular weight excluding hydrogens is 468 g/mol. The van der Waals surface area contributed by atoms with Gasteiger partial charge in [0.15, 0.2) is 5.88 Å². The number of hydrogen-bond donors (Lipinski definition) is 3. The molecule has 0 aliphatic carbocycles. The summed E-state index contributed by atoms with van der Waals surface area (Å²) in [6.45, 7) is 2.65. The molecule has 0 radical (unpaired) electrons. The number of nitrogens with zero attached hydrogens (tertiary/aromatic N) is 2. The van der Waals surface area contributed by atoms with E-state index in [2.05, 4.69) is 10.3 Å². The number of aliphatic imine (C=N–C) groups is 1. The number of aromatic amines is 1. The first-order chi connectivity index (χ1) is 17.9. The zero-order valence-electron chi connectivity index (χ0n) is 21.1. The Morgan fingerprint density at radius 1 is 1.03 bits per heavy atom. The standard InChI is InChI=1S/C29H30N4O4/c1-4-37-29(36)20-10-15-23-24(18-20)32-28(35)26(23)27(19-8-6-5-7-9-19)31-21-11-13-22(14-12-21)33(3)25(34)16-17-30-2/h5-15,18,30,32,35H,4,16-17H2,1-3H3. The van der Waals surface area contributed by atoms with Crippen LogP contribution >= 0.6 is 0 Å². The lowest BCUT2D eigenvalue weighted by Crippen LogP contribution is -2.28. The highest BCUT2D eigenvalue weighted by Crippen LogP contribution is 2.32. The van der Waals surface area contributed by atoms with Gasteiger partial charge in [0.2, 0.25) is 5.91 Å². The predicted molar refractivity (Wildman–Crippen MR) is 146 cm³/mol. The van der Waals surface area contributed by atoms with Crippen molar-refractivity contribution >= 4 is 39.9 Å². The summed E-state index contributed by atoms with van der Waals surface area (Å²) in [5, 5.41) is 14.6. The highest BCUT2D eigenvalue weighted by Gasteiger charge is 2.20. The van der Waals surface area contributed by atoms with Gasteiger partial charge in [-0.2, -0.15) is 0 Å². The summed E-state index contributed by atoms with van der Waals surface area (Å²) in [6.07, 6.45) is 0.406. The first kappa shape index (κ1) is 25.7. The number of H-pyrrole nitrogens is 1. The Kier molecular flexibility index (Phi) is 8.00. The van der Waals surface area contributed by atoms with Gasteiger partial charge in [0, 0.05) is 42.2 Å². The topological polar surface area (TPSA) is 107 Å². The molecule has 0 bridgehead atoms. The monoisotopic (exact) mass is 498 g/mol. The Morgan fingerprint density at radius 3 is 2.43 bits per heavy atom. The molecule has 0 spiro atoms. The van der Waals surface area contributed by atoms with Gasteiger partial charge in [0.1, 0.15) is 0 Å². The summed E-state index contributed by atoms with van der Waals surface area (Å²) in [7, 11) is 3.56. The normalized spacial score (nSPS) is 11.5.